The molecule has 0 aliphatic rings. The van der Waals surface area contributed by atoms with Crippen molar-refractivity contribution in [1.82, 2.24) is 0 Å². The molecule has 0 heterocycles. The first-order valence-corrected chi connectivity index (χ1v) is 16.4. The summed E-state index contributed by atoms with van der Waals surface area (Å²) in [5, 5.41) is 0. The third-order valence-corrected chi connectivity index (χ3v) is 7.69. The van der Waals surface area contributed by atoms with E-state index in [0.717, 1.165) is 6.04 Å². The summed E-state index contributed by atoms with van der Waals surface area (Å²) in [6.45, 7) is 4.23. The van der Waals surface area contributed by atoms with Crippen LogP contribution in [0.4, 0.5) is 0 Å². The summed E-state index contributed by atoms with van der Waals surface area (Å²) in [4.78, 5) is 11.1. The van der Waals surface area contributed by atoms with Crippen molar-refractivity contribution in [3.05, 3.63) is 0 Å². The average molecular weight is 426 g/mol. The van der Waals surface area contributed by atoms with E-state index in [1.807, 2.05) is 6.55 Å². The van der Waals surface area contributed by atoms with E-state index in [0.29, 0.717) is 0 Å². The highest BCUT2D eigenvalue weighted by atomic mass is 28.3. The third kappa shape index (κ3) is 28.2. The van der Waals surface area contributed by atoms with Gasteiger partial charge in [0.25, 0.3) is 0 Å². The smallest absolute Gasteiger partial charge is 0.219 e. The van der Waals surface area contributed by atoms with E-state index < -0.39 is 9.04 Å². The minimum absolute atomic E-state index is 1.01. The fraction of sp³-hybridized carbons (Fsp3) is 1.00. The Morgan fingerprint density at radius 2 is 0.586 bits per heavy atom. The van der Waals surface area contributed by atoms with Crippen LogP contribution in [0.25, 0.3) is 0 Å². The first kappa shape index (κ1) is 29.2. The number of hydrogen-bond acceptors (Lipinski definition) is 0. The zero-order valence-electron chi connectivity index (χ0n) is 20.7. The van der Waals surface area contributed by atoms with E-state index in [2.05, 4.69) is 6.92 Å². The van der Waals surface area contributed by atoms with Gasteiger partial charge in [-0.2, -0.15) is 0 Å². The summed E-state index contributed by atoms with van der Waals surface area (Å²) in [6, 6.07) is 1.01. The SMILES string of the molecule is CCCCCCCCCCCCCCCCCCCCCCCCCC[SiH](C)[O]. The summed E-state index contributed by atoms with van der Waals surface area (Å²) >= 11 is 0. The first-order valence-electron chi connectivity index (χ1n) is 13.9. The molecule has 0 bridgehead atoms. The average Bonchev–Trinajstić information content (AvgIpc) is 2.71. The predicted molar refractivity (Wildman–Crippen MR) is 135 cm³/mol. The molecule has 0 amide bonds. The van der Waals surface area contributed by atoms with Crippen molar-refractivity contribution in [1.29, 1.82) is 0 Å². The maximum absolute atomic E-state index is 11.1. The lowest BCUT2D eigenvalue weighted by Gasteiger charge is -2.04. The molecular formula is C27H57OSi. The van der Waals surface area contributed by atoms with E-state index >= 15 is 0 Å². The Bertz CT molecular complexity index is 280. The van der Waals surface area contributed by atoms with Crippen molar-refractivity contribution in [3.8, 4) is 0 Å². The van der Waals surface area contributed by atoms with Crippen molar-refractivity contribution in [3.63, 3.8) is 0 Å². The summed E-state index contributed by atoms with van der Waals surface area (Å²) < 4.78 is 0. The molecule has 175 valence electrons. The van der Waals surface area contributed by atoms with Crippen molar-refractivity contribution in [2.75, 3.05) is 0 Å². The standard InChI is InChI=1S/C27H57OSi/c1-3-4-5-6-7-8-9-10-11-12-13-14-15-16-17-18-19-20-21-22-23-24-25-26-27-29(2)28/h29H,3-27H2,1-2H3. The second-order valence-corrected chi connectivity index (χ2v) is 11.9. The van der Waals surface area contributed by atoms with Gasteiger partial charge in [-0.25, -0.2) is 0 Å². The molecular weight excluding hydrogens is 368 g/mol. The van der Waals surface area contributed by atoms with Crippen LogP contribution in [-0.4, -0.2) is 9.04 Å². The highest BCUT2D eigenvalue weighted by Gasteiger charge is 2.00. The van der Waals surface area contributed by atoms with Gasteiger partial charge in [-0.3, -0.25) is 0 Å². The molecule has 2 heteroatoms. The Kier molecular flexibility index (Phi) is 26.4. The number of hydrogen-bond donors (Lipinski definition) is 0. The fourth-order valence-electron chi connectivity index (χ4n) is 4.39. The molecule has 0 spiro atoms. The van der Waals surface area contributed by atoms with E-state index in [1.165, 1.54) is 154 Å². The van der Waals surface area contributed by atoms with Gasteiger partial charge < -0.3 is 4.80 Å². The van der Waals surface area contributed by atoms with Crippen molar-refractivity contribution in [2.45, 2.75) is 174 Å². The Hall–Kier alpha value is 0.177. The fourth-order valence-corrected chi connectivity index (χ4v) is 5.26. The van der Waals surface area contributed by atoms with Crippen LogP contribution in [0.2, 0.25) is 12.6 Å². The van der Waals surface area contributed by atoms with Crippen LogP contribution in [0.15, 0.2) is 0 Å². The largest absolute Gasteiger partial charge is 0.302 e. The summed E-state index contributed by atoms with van der Waals surface area (Å²) in [6.07, 6.45) is 34.5. The minimum atomic E-state index is -1.52. The van der Waals surface area contributed by atoms with Gasteiger partial charge in [-0.15, -0.1) is 0 Å². The van der Waals surface area contributed by atoms with Crippen molar-refractivity contribution in [2.24, 2.45) is 0 Å². The van der Waals surface area contributed by atoms with Gasteiger partial charge >= 0.3 is 0 Å². The summed E-state index contributed by atoms with van der Waals surface area (Å²) in [5.41, 5.74) is 0. The first-order chi connectivity index (χ1) is 14.3. The van der Waals surface area contributed by atoms with Crippen LogP contribution < -0.4 is 0 Å². The van der Waals surface area contributed by atoms with Crippen LogP contribution in [0.1, 0.15) is 161 Å². The van der Waals surface area contributed by atoms with E-state index in [1.54, 1.807) is 0 Å². The van der Waals surface area contributed by atoms with Crippen molar-refractivity contribution < 1.29 is 4.80 Å². The van der Waals surface area contributed by atoms with Crippen LogP contribution in [-0.2, 0) is 4.80 Å². The number of unbranched alkanes of at least 4 members (excludes halogenated alkanes) is 23. The van der Waals surface area contributed by atoms with Gasteiger partial charge in [-0.05, 0) is 12.6 Å². The monoisotopic (exact) mass is 425 g/mol. The van der Waals surface area contributed by atoms with Gasteiger partial charge in [0.2, 0.25) is 9.04 Å². The normalized spacial score (nSPS) is 12.5. The molecule has 1 nitrogen and oxygen atoms in total. The zero-order chi connectivity index (χ0) is 21.3. The Balaban J connectivity index is 2.98. The van der Waals surface area contributed by atoms with Crippen LogP contribution in [0.3, 0.4) is 0 Å². The molecule has 0 aliphatic heterocycles. The second kappa shape index (κ2) is 26.2. The molecule has 0 aromatic rings. The van der Waals surface area contributed by atoms with Gasteiger partial charge in [0.15, 0.2) is 0 Å². The molecule has 0 aromatic carbocycles. The van der Waals surface area contributed by atoms with Crippen LogP contribution >= 0.6 is 0 Å². The van der Waals surface area contributed by atoms with Gasteiger partial charge in [0.1, 0.15) is 0 Å². The van der Waals surface area contributed by atoms with E-state index in [4.69, 9.17) is 0 Å². The maximum atomic E-state index is 11.1. The highest BCUT2D eigenvalue weighted by molar-refractivity contribution is 6.48. The lowest BCUT2D eigenvalue weighted by atomic mass is 10.0. The molecule has 0 aromatic heterocycles. The summed E-state index contributed by atoms with van der Waals surface area (Å²) in [5.74, 6) is 0. The molecule has 0 aliphatic carbocycles. The van der Waals surface area contributed by atoms with Gasteiger partial charge in [0, 0.05) is 0 Å². The van der Waals surface area contributed by atoms with E-state index in [9.17, 15) is 4.80 Å². The van der Waals surface area contributed by atoms with Gasteiger partial charge in [-0.1, -0.05) is 161 Å². The molecule has 0 N–H and O–H groups in total. The molecule has 29 heavy (non-hydrogen) atoms. The summed E-state index contributed by atoms with van der Waals surface area (Å²) in [7, 11) is -1.52. The molecule has 1 atom stereocenters. The van der Waals surface area contributed by atoms with Crippen molar-refractivity contribution >= 4 is 9.04 Å². The quantitative estimate of drug-likeness (QED) is 0.102. The van der Waals surface area contributed by atoms with Gasteiger partial charge in [0.05, 0.1) is 0 Å². The Morgan fingerprint density at radius 3 is 0.793 bits per heavy atom. The molecule has 0 saturated heterocycles. The molecule has 0 saturated carbocycles. The van der Waals surface area contributed by atoms with E-state index in [-0.39, 0.29) is 0 Å². The lowest BCUT2D eigenvalue weighted by molar-refractivity contribution is 0.447. The lowest BCUT2D eigenvalue weighted by Crippen LogP contribution is -2.01. The molecule has 1 radical (unpaired) electrons. The topological polar surface area (TPSA) is 19.9 Å². The van der Waals surface area contributed by atoms with Crippen LogP contribution in [0, 0.1) is 0 Å². The molecule has 1 unspecified atom stereocenters. The highest BCUT2D eigenvalue weighted by Crippen LogP contribution is 2.15. The minimum Gasteiger partial charge on any atom is -0.302 e. The number of rotatable bonds is 25. The molecule has 0 fully saturated rings. The second-order valence-electron chi connectivity index (χ2n) is 9.73. The predicted octanol–water partition coefficient (Wildman–Crippen LogP) is 10.2. The third-order valence-electron chi connectivity index (χ3n) is 6.46. The van der Waals surface area contributed by atoms with Crippen LogP contribution in [0.5, 0.6) is 0 Å². The maximum Gasteiger partial charge on any atom is 0.219 e. The Morgan fingerprint density at radius 1 is 0.379 bits per heavy atom. The Labute approximate surface area is 187 Å². The molecule has 0 rings (SSSR count). The zero-order valence-corrected chi connectivity index (χ0v) is 21.8.